The van der Waals surface area contributed by atoms with Crippen molar-refractivity contribution in [3.05, 3.63) is 106 Å². The zero-order chi connectivity index (χ0) is 19.7. The Morgan fingerprint density at radius 2 is 1.50 bits per heavy atom. The van der Waals surface area contributed by atoms with Gasteiger partial charge in [0.15, 0.2) is 0 Å². The molecule has 1 atom stereocenters. The molecule has 0 aliphatic carbocycles. The van der Waals surface area contributed by atoms with Gasteiger partial charge in [-0.25, -0.2) is 0 Å². The number of H-pyrrole nitrogens is 1. The maximum atomic E-state index is 11.1. The SMILES string of the molecule is CN(C)c1ccc(C(c2ccc([N+](=O)[O-])cc2)c2c[nH]c3ccccc23)cc1. The number of hydrogen-bond donors (Lipinski definition) is 1. The standard InChI is InChI=1S/C23H21N3O2/c1-25(2)18-11-7-16(8-12-18)23(17-9-13-19(14-10-17)26(27)28)21-15-24-22-6-4-3-5-20(21)22/h3-15,23-24H,1-2H3. The van der Waals surface area contributed by atoms with Crippen LogP contribution in [0.1, 0.15) is 22.6 Å². The Morgan fingerprint density at radius 3 is 2.11 bits per heavy atom. The molecule has 0 saturated carbocycles. The number of anilines is 1. The van der Waals surface area contributed by atoms with Gasteiger partial charge in [-0.05, 0) is 34.9 Å². The van der Waals surface area contributed by atoms with Crippen LogP contribution in [0.5, 0.6) is 0 Å². The number of aromatic amines is 1. The van der Waals surface area contributed by atoms with Gasteiger partial charge in [-0.15, -0.1) is 0 Å². The van der Waals surface area contributed by atoms with Crippen LogP contribution in [-0.2, 0) is 0 Å². The summed E-state index contributed by atoms with van der Waals surface area (Å²) in [5, 5.41) is 12.2. The van der Waals surface area contributed by atoms with Crippen LogP contribution in [0.25, 0.3) is 10.9 Å². The molecule has 4 rings (SSSR count). The number of para-hydroxylation sites is 1. The third kappa shape index (κ3) is 3.22. The highest BCUT2D eigenvalue weighted by Gasteiger charge is 2.21. The van der Waals surface area contributed by atoms with Gasteiger partial charge in [0.25, 0.3) is 5.69 Å². The first-order valence-corrected chi connectivity index (χ1v) is 9.12. The first-order valence-electron chi connectivity index (χ1n) is 9.12. The molecule has 140 valence electrons. The molecule has 0 amide bonds. The van der Waals surface area contributed by atoms with Crippen molar-refractivity contribution in [1.82, 2.24) is 4.98 Å². The van der Waals surface area contributed by atoms with Crippen LogP contribution < -0.4 is 4.90 Å². The number of fused-ring (bicyclic) bond motifs is 1. The Morgan fingerprint density at radius 1 is 0.893 bits per heavy atom. The quantitative estimate of drug-likeness (QED) is 0.381. The summed E-state index contributed by atoms with van der Waals surface area (Å²) in [6.07, 6.45) is 2.04. The zero-order valence-electron chi connectivity index (χ0n) is 15.8. The molecule has 0 aliphatic heterocycles. The minimum atomic E-state index is -0.365. The van der Waals surface area contributed by atoms with E-state index in [1.165, 1.54) is 0 Å². The lowest BCUT2D eigenvalue weighted by Gasteiger charge is -2.20. The molecular formula is C23H21N3O2. The maximum Gasteiger partial charge on any atom is 0.269 e. The van der Waals surface area contributed by atoms with Gasteiger partial charge in [-0.1, -0.05) is 42.5 Å². The van der Waals surface area contributed by atoms with E-state index < -0.39 is 0 Å². The number of non-ortho nitro benzene ring substituents is 1. The van der Waals surface area contributed by atoms with Crippen molar-refractivity contribution in [3.63, 3.8) is 0 Å². The Balaban J connectivity index is 1.86. The van der Waals surface area contributed by atoms with Crippen molar-refractivity contribution in [3.8, 4) is 0 Å². The Kier molecular flexibility index (Phi) is 4.57. The normalized spacial score (nSPS) is 12.1. The van der Waals surface area contributed by atoms with Crippen LogP contribution in [-0.4, -0.2) is 24.0 Å². The molecule has 5 heteroatoms. The van der Waals surface area contributed by atoms with Crippen molar-refractivity contribution >= 4 is 22.3 Å². The lowest BCUT2D eigenvalue weighted by atomic mass is 9.85. The lowest BCUT2D eigenvalue weighted by Crippen LogP contribution is -2.09. The van der Waals surface area contributed by atoms with Crippen LogP contribution in [0.4, 0.5) is 11.4 Å². The van der Waals surface area contributed by atoms with E-state index in [2.05, 4.69) is 46.3 Å². The second-order valence-corrected chi connectivity index (χ2v) is 7.06. The minimum Gasteiger partial charge on any atom is -0.378 e. The molecule has 1 aromatic heterocycles. The molecule has 1 N–H and O–H groups in total. The van der Waals surface area contributed by atoms with E-state index in [4.69, 9.17) is 0 Å². The highest BCUT2D eigenvalue weighted by atomic mass is 16.6. The Hall–Kier alpha value is -3.60. The fourth-order valence-electron chi connectivity index (χ4n) is 3.64. The molecule has 0 fully saturated rings. The number of rotatable bonds is 5. The van der Waals surface area contributed by atoms with Crippen LogP contribution in [0, 0.1) is 10.1 Å². The lowest BCUT2D eigenvalue weighted by molar-refractivity contribution is -0.384. The number of nitro benzene ring substituents is 1. The number of nitrogens with zero attached hydrogens (tertiary/aromatic N) is 2. The third-order valence-corrected chi connectivity index (χ3v) is 5.11. The van der Waals surface area contributed by atoms with Gasteiger partial charge in [-0.3, -0.25) is 10.1 Å². The molecule has 0 aliphatic rings. The highest BCUT2D eigenvalue weighted by Crippen LogP contribution is 2.37. The van der Waals surface area contributed by atoms with E-state index in [9.17, 15) is 10.1 Å². The van der Waals surface area contributed by atoms with Crippen molar-refractivity contribution in [2.75, 3.05) is 19.0 Å². The van der Waals surface area contributed by atoms with Crippen LogP contribution in [0.2, 0.25) is 0 Å². The Labute approximate surface area is 163 Å². The van der Waals surface area contributed by atoms with E-state index in [1.54, 1.807) is 12.1 Å². The minimum absolute atomic E-state index is 0.0202. The number of benzene rings is 3. The predicted octanol–water partition coefficient (Wildman–Crippen LogP) is 5.32. The smallest absolute Gasteiger partial charge is 0.269 e. The summed E-state index contributed by atoms with van der Waals surface area (Å²) in [5.74, 6) is -0.0202. The first-order chi connectivity index (χ1) is 13.5. The summed E-state index contributed by atoms with van der Waals surface area (Å²) in [4.78, 5) is 16.1. The fourth-order valence-corrected chi connectivity index (χ4v) is 3.64. The first kappa shape index (κ1) is 17.8. The summed E-state index contributed by atoms with van der Waals surface area (Å²) in [7, 11) is 4.03. The van der Waals surface area contributed by atoms with E-state index >= 15 is 0 Å². The monoisotopic (exact) mass is 371 g/mol. The molecule has 3 aromatic carbocycles. The molecule has 28 heavy (non-hydrogen) atoms. The highest BCUT2D eigenvalue weighted by molar-refractivity contribution is 5.84. The average molecular weight is 371 g/mol. The molecule has 0 spiro atoms. The molecule has 0 bridgehead atoms. The maximum absolute atomic E-state index is 11.1. The third-order valence-electron chi connectivity index (χ3n) is 5.11. The number of nitro groups is 1. The van der Waals surface area contributed by atoms with Crippen molar-refractivity contribution < 1.29 is 4.92 Å². The number of aromatic nitrogens is 1. The van der Waals surface area contributed by atoms with Crippen LogP contribution >= 0.6 is 0 Å². The van der Waals surface area contributed by atoms with Crippen molar-refractivity contribution in [1.29, 1.82) is 0 Å². The Bertz CT molecular complexity index is 1110. The summed E-state index contributed by atoms with van der Waals surface area (Å²) in [6.45, 7) is 0. The molecule has 1 unspecified atom stereocenters. The zero-order valence-corrected chi connectivity index (χ0v) is 15.8. The van der Waals surface area contributed by atoms with E-state index in [0.29, 0.717) is 0 Å². The summed E-state index contributed by atoms with van der Waals surface area (Å²) in [6, 6.07) is 23.5. The van der Waals surface area contributed by atoms with E-state index in [1.807, 2.05) is 44.6 Å². The topological polar surface area (TPSA) is 62.2 Å². The van der Waals surface area contributed by atoms with Gasteiger partial charge >= 0.3 is 0 Å². The molecular weight excluding hydrogens is 350 g/mol. The largest absolute Gasteiger partial charge is 0.378 e. The summed E-state index contributed by atoms with van der Waals surface area (Å²) < 4.78 is 0. The van der Waals surface area contributed by atoms with E-state index in [-0.39, 0.29) is 16.5 Å². The molecule has 4 aromatic rings. The summed E-state index contributed by atoms with van der Waals surface area (Å²) in [5.41, 5.74) is 5.63. The van der Waals surface area contributed by atoms with Gasteiger partial charge in [0.1, 0.15) is 0 Å². The molecule has 5 nitrogen and oxygen atoms in total. The van der Waals surface area contributed by atoms with Crippen molar-refractivity contribution in [2.24, 2.45) is 0 Å². The van der Waals surface area contributed by atoms with Gasteiger partial charge in [-0.2, -0.15) is 0 Å². The molecule has 0 radical (unpaired) electrons. The average Bonchev–Trinajstić information content (AvgIpc) is 3.13. The molecule has 1 heterocycles. The van der Waals surface area contributed by atoms with Gasteiger partial charge in [0, 0.05) is 54.9 Å². The number of hydrogen-bond acceptors (Lipinski definition) is 3. The second kappa shape index (κ2) is 7.19. The van der Waals surface area contributed by atoms with Crippen molar-refractivity contribution in [2.45, 2.75) is 5.92 Å². The second-order valence-electron chi connectivity index (χ2n) is 7.06. The van der Waals surface area contributed by atoms with Gasteiger partial charge < -0.3 is 9.88 Å². The number of nitrogens with one attached hydrogen (secondary N) is 1. The van der Waals surface area contributed by atoms with E-state index in [0.717, 1.165) is 33.3 Å². The van der Waals surface area contributed by atoms with Gasteiger partial charge in [0.05, 0.1) is 4.92 Å². The predicted molar refractivity (Wildman–Crippen MR) is 113 cm³/mol. The summed E-state index contributed by atoms with van der Waals surface area (Å²) >= 11 is 0. The van der Waals surface area contributed by atoms with Crippen LogP contribution in [0.15, 0.2) is 79.0 Å². The molecule has 0 saturated heterocycles. The fraction of sp³-hybridized carbons (Fsp3) is 0.130. The van der Waals surface area contributed by atoms with Gasteiger partial charge in [0.2, 0.25) is 0 Å². The van der Waals surface area contributed by atoms with Crippen LogP contribution in [0.3, 0.4) is 0 Å².